The zero-order valence-corrected chi connectivity index (χ0v) is 25.5. The summed E-state index contributed by atoms with van der Waals surface area (Å²) >= 11 is -4.65. The van der Waals surface area contributed by atoms with E-state index in [2.05, 4.69) is 60.7 Å². The monoisotopic (exact) mass is 596 g/mol. The van der Waals surface area contributed by atoms with Gasteiger partial charge in [-0.2, -0.15) is 0 Å². The van der Waals surface area contributed by atoms with Gasteiger partial charge < -0.3 is 0 Å². The Morgan fingerprint density at radius 3 is 1.42 bits per heavy atom. The van der Waals surface area contributed by atoms with Crippen LogP contribution in [0.5, 0.6) is 0 Å². The first-order valence-electron chi connectivity index (χ1n) is 14.4. The molecule has 6 rings (SSSR count). The second kappa shape index (κ2) is 10.1. The number of hydrogen-bond donors (Lipinski definition) is 0. The fraction of sp³-hybridized carbons (Fsp3) is 0.485. The Morgan fingerprint density at radius 2 is 1.00 bits per heavy atom. The minimum absolute atomic E-state index is 0.0629. The maximum atomic E-state index is 7.85. The van der Waals surface area contributed by atoms with E-state index in [1.165, 1.54) is 97.6 Å². The molecule has 0 saturated heterocycles. The predicted octanol–water partition coefficient (Wildman–Crippen LogP) is 10.6. The summed E-state index contributed by atoms with van der Waals surface area (Å²) in [5.74, 6) is 1.59. The van der Waals surface area contributed by atoms with Gasteiger partial charge in [0.2, 0.25) is 0 Å². The topological polar surface area (TPSA) is 0 Å². The molecule has 0 bridgehead atoms. The first-order valence-corrected chi connectivity index (χ1v) is 25.3. The molecule has 0 spiro atoms. The molecule has 0 aliphatic heterocycles. The molecule has 0 heterocycles. The quantitative estimate of drug-likeness (QED) is 0.310. The van der Waals surface area contributed by atoms with Gasteiger partial charge in [-0.05, 0) is 0 Å². The standard InChI is InChI=1S/2C16H19.CH2.2ClH.Zr/c2*1-2-6-13(7-3-1)12-15-11-10-14-8-4-5-9-16(14)15;;;;/h2*4-5,8-11,13H,1-3,6-7,12H2;1H2;2*1H;/q;;;;;+2/p-2. The van der Waals surface area contributed by atoms with E-state index in [9.17, 15) is 0 Å². The van der Waals surface area contributed by atoms with Crippen LogP contribution < -0.4 is 0 Å². The molecule has 4 aliphatic rings. The van der Waals surface area contributed by atoms with Crippen molar-refractivity contribution in [3.8, 4) is 0 Å². The van der Waals surface area contributed by atoms with Crippen molar-refractivity contribution < 1.29 is 15.9 Å². The van der Waals surface area contributed by atoms with Crippen molar-refractivity contribution in [3.05, 3.63) is 82.9 Å². The number of allylic oxidation sites excluding steroid dienone is 4. The minimum atomic E-state index is -4.65. The van der Waals surface area contributed by atoms with Crippen LogP contribution in [0.25, 0.3) is 11.1 Å². The molecule has 3 heteroatoms. The van der Waals surface area contributed by atoms with E-state index in [0.717, 1.165) is 24.7 Å². The van der Waals surface area contributed by atoms with Crippen molar-refractivity contribution in [2.75, 3.05) is 0 Å². The zero-order valence-electron chi connectivity index (χ0n) is 21.5. The van der Waals surface area contributed by atoms with Gasteiger partial charge in [-0.1, -0.05) is 0 Å². The first-order chi connectivity index (χ1) is 17.4. The van der Waals surface area contributed by atoms with Crippen LogP contribution in [-0.2, 0) is 15.9 Å². The van der Waals surface area contributed by atoms with Crippen molar-refractivity contribution in [2.45, 2.75) is 84.3 Å². The Morgan fingerprint density at radius 1 is 0.611 bits per heavy atom. The van der Waals surface area contributed by atoms with E-state index >= 15 is 0 Å². The van der Waals surface area contributed by atoms with E-state index in [-0.39, 0.29) is 7.25 Å². The van der Waals surface area contributed by atoms with E-state index in [4.69, 9.17) is 21.2 Å². The fourth-order valence-electron chi connectivity index (χ4n) is 7.81. The van der Waals surface area contributed by atoms with Gasteiger partial charge >= 0.3 is 227 Å². The Labute approximate surface area is 225 Å². The molecule has 0 amide bonds. The predicted molar refractivity (Wildman–Crippen MR) is 156 cm³/mol. The molecule has 4 aliphatic carbocycles. The van der Waals surface area contributed by atoms with Gasteiger partial charge in [0, 0.05) is 0 Å². The molecular weight excluding hydrogens is 558 g/mol. The van der Waals surface area contributed by atoms with Crippen LogP contribution in [0.1, 0.15) is 107 Å². The third-order valence-electron chi connectivity index (χ3n) is 9.76. The van der Waals surface area contributed by atoms with Crippen molar-refractivity contribution in [3.63, 3.8) is 0 Å². The molecule has 2 aromatic rings. The Bertz CT molecular complexity index is 1160. The summed E-state index contributed by atoms with van der Waals surface area (Å²) in [5, 5.41) is 0. The van der Waals surface area contributed by atoms with E-state index in [1.807, 2.05) is 0 Å². The number of fused-ring (bicyclic) bond motifs is 2. The molecule has 0 nitrogen and oxygen atoms in total. The van der Waals surface area contributed by atoms with E-state index in [1.54, 1.807) is 0 Å². The summed E-state index contributed by atoms with van der Waals surface area (Å²) in [6.07, 6.45) is 21.0. The van der Waals surface area contributed by atoms with Crippen LogP contribution in [-0.4, -0.2) is 4.21 Å². The van der Waals surface area contributed by atoms with Crippen LogP contribution in [0.3, 0.4) is 0 Å². The van der Waals surface area contributed by atoms with Crippen molar-refractivity contribution >= 4 is 32.4 Å². The normalized spacial score (nSPS) is 25.3. The van der Waals surface area contributed by atoms with Crippen molar-refractivity contribution in [1.29, 1.82) is 0 Å². The average molecular weight is 599 g/mol. The molecule has 2 unspecified atom stereocenters. The van der Waals surface area contributed by atoms with Gasteiger partial charge in [-0.3, -0.25) is 0 Å². The van der Waals surface area contributed by atoms with E-state index in [0.29, 0.717) is 0 Å². The summed E-state index contributed by atoms with van der Waals surface area (Å²) in [7, 11) is 15.7. The van der Waals surface area contributed by atoms with Gasteiger partial charge in [-0.15, -0.1) is 0 Å². The van der Waals surface area contributed by atoms with Crippen molar-refractivity contribution in [2.24, 2.45) is 11.8 Å². The summed E-state index contributed by atoms with van der Waals surface area (Å²) in [4.78, 5) is 0. The number of benzene rings is 2. The molecule has 2 aromatic carbocycles. The maximum absolute atomic E-state index is 7.85. The molecule has 0 N–H and O–H groups in total. The summed E-state index contributed by atoms with van der Waals surface area (Å²) in [5.41, 5.74) is 8.39. The second-order valence-electron chi connectivity index (χ2n) is 12.3. The molecule has 2 atom stereocenters. The molecule has 0 aromatic heterocycles. The number of rotatable bonds is 6. The van der Waals surface area contributed by atoms with Gasteiger partial charge in [-0.25, -0.2) is 0 Å². The van der Waals surface area contributed by atoms with Crippen LogP contribution in [0.15, 0.2) is 60.7 Å². The third kappa shape index (κ3) is 4.76. The van der Waals surface area contributed by atoms with E-state index < -0.39 is 15.9 Å². The first kappa shape index (κ1) is 25.5. The second-order valence-corrected chi connectivity index (χ2v) is 33.7. The third-order valence-corrected chi connectivity index (χ3v) is 23.9. The van der Waals surface area contributed by atoms with Gasteiger partial charge in [0.15, 0.2) is 0 Å². The molecule has 2 fully saturated rings. The number of halogens is 2. The average Bonchev–Trinajstić information content (AvgIpc) is 3.46. The fourth-order valence-corrected chi connectivity index (χ4v) is 20.1. The van der Waals surface area contributed by atoms with Crippen molar-refractivity contribution in [1.82, 2.24) is 0 Å². The van der Waals surface area contributed by atoms with Gasteiger partial charge in [0.05, 0.1) is 0 Å². The molecule has 2 saturated carbocycles. The SMILES string of the molecule is [CH2]=[Zr]([Cl])([Cl])([CH]1C=C(CC2CCCCC2)c2ccccc21)[CH]1C=C(CC2CCCCC2)c2ccccc21. The molecule has 36 heavy (non-hydrogen) atoms. The van der Waals surface area contributed by atoms with Crippen LogP contribution >= 0.6 is 17.0 Å². The summed E-state index contributed by atoms with van der Waals surface area (Å²) < 4.78 is 5.00. The Hall–Kier alpha value is -0.747. The Kier molecular flexibility index (Phi) is 7.16. The van der Waals surface area contributed by atoms with Gasteiger partial charge in [0.25, 0.3) is 0 Å². The van der Waals surface area contributed by atoms with Crippen LogP contribution in [0.2, 0.25) is 0 Å². The summed E-state index contributed by atoms with van der Waals surface area (Å²) in [6.45, 7) is 0. The zero-order chi connectivity index (χ0) is 24.8. The van der Waals surface area contributed by atoms with Crippen LogP contribution in [0.4, 0.5) is 0 Å². The number of hydrogen-bond acceptors (Lipinski definition) is 0. The molecule has 0 radical (unpaired) electrons. The molecular formula is C33H40Cl2Zr. The molecule has 190 valence electrons. The summed E-state index contributed by atoms with van der Waals surface area (Å²) in [6, 6.07) is 17.8. The Balaban J connectivity index is 1.37. The van der Waals surface area contributed by atoms with Crippen LogP contribution in [0, 0.1) is 11.8 Å². The van der Waals surface area contributed by atoms with Gasteiger partial charge in [0.1, 0.15) is 0 Å².